The zero-order chi connectivity index (χ0) is 19.2. The van der Waals surface area contributed by atoms with Crippen molar-refractivity contribution in [3.05, 3.63) is 59.4 Å². The van der Waals surface area contributed by atoms with Gasteiger partial charge < -0.3 is 10.1 Å². The second kappa shape index (κ2) is 8.86. The molecule has 9 heteroatoms. The molecule has 0 saturated heterocycles. The van der Waals surface area contributed by atoms with Gasteiger partial charge in [-0.05, 0) is 36.4 Å². The molecule has 0 aliphatic carbocycles. The summed E-state index contributed by atoms with van der Waals surface area (Å²) in [6.07, 6.45) is 0.976. The SMILES string of the molecule is CS(=O)(=O)N(CC(=O)NCCOc1ccccc1Cl)c1ccc(F)cc1. The van der Waals surface area contributed by atoms with E-state index in [0.29, 0.717) is 10.8 Å². The maximum atomic E-state index is 13.0. The lowest BCUT2D eigenvalue weighted by Gasteiger charge is -2.21. The average Bonchev–Trinajstić information content (AvgIpc) is 2.58. The zero-order valence-electron chi connectivity index (χ0n) is 14.0. The van der Waals surface area contributed by atoms with Crippen LogP contribution >= 0.6 is 11.6 Å². The molecule has 140 valence electrons. The monoisotopic (exact) mass is 400 g/mol. The number of para-hydroxylation sites is 1. The van der Waals surface area contributed by atoms with Gasteiger partial charge in [-0.1, -0.05) is 23.7 Å². The maximum Gasteiger partial charge on any atom is 0.240 e. The normalized spacial score (nSPS) is 11.0. The summed E-state index contributed by atoms with van der Waals surface area (Å²) in [5.41, 5.74) is 0.205. The summed E-state index contributed by atoms with van der Waals surface area (Å²) >= 11 is 5.95. The molecule has 2 rings (SSSR count). The molecule has 0 aromatic heterocycles. The number of nitrogens with zero attached hydrogens (tertiary/aromatic N) is 1. The van der Waals surface area contributed by atoms with Crippen LogP contribution in [0.1, 0.15) is 0 Å². The molecule has 2 aromatic carbocycles. The molecule has 0 fully saturated rings. The number of hydrogen-bond donors (Lipinski definition) is 1. The maximum absolute atomic E-state index is 13.0. The van der Waals surface area contributed by atoms with Gasteiger partial charge in [0.25, 0.3) is 0 Å². The van der Waals surface area contributed by atoms with Crippen molar-refractivity contribution in [1.82, 2.24) is 5.32 Å². The van der Waals surface area contributed by atoms with Gasteiger partial charge in [0.1, 0.15) is 24.7 Å². The molecule has 0 unspecified atom stereocenters. The van der Waals surface area contributed by atoms with E-state index in [0.717, 1.165) is 22.7 Å². The van der Waals surface area contributed by atoms with Crippen LogP contribution in [0.5, 0.6) is 5.75 Å². The van der Waals surface area contributed by atoms with Crippen LogP contribution in [0.4, 0.5) is 10.1 Å². The Morgan fingerprint density at radius 1 is 1.19 bits per heavy atom. The van der Waals surface area contributed by atoms with E-state index in [2.05, 4.69) is 5.32 Å². The van der Waals surface area contributed by atoms with Crippen molar-refractivity contribution in [2.75, 3.05) is 30.3 Å². The van der Waals surface area contributed by atoms with E-state index in [1.807, 2.05) is 0 Å². The Kier molecular flexibility index (Phi) is 6.82. The number of halogens is 2. The molecule has 0 bridgehead atoms. The minimum Gasteiger partial charge on any atom is -0.490 e. The first-order valence-corrected chi connectivity index (χ1v) is 9.87. The average molecular weight is 401 g/mol. The molecule has 0 aliphatic rings. The van der Waals surface area contributed by atoms with Gasteiger partial charge in [-0.3, -0.25) is 9.10 Å². The topological polar surface area (TPSA) is 75.7 Å². The number of rotatable bonds is 8. The number of ether oxygens (including phenoxy) is 1. The lowest BCUT2D eigenvalue weighted by Crippen LogP contribution is -2.41. The Morgan fingerprint density at radius 2 is 1.85 bits per heavy atom. The van der Waals surface area contributed by atoms with E-state index in [1.54, 1.807) is 24.3 Å². The number of amides is 1. The smallest absolute Gasteiger partial charge is 0.240 e. The third kappa shape index (κ3) is 5.89. The van der Waals surface area contributed by atoms with E-state index >= 15 is 0 Å². The highest BCUT2D eigenvalue weighted by Crippen LogP contribution is 2.22. The van der Waals surface area contributed by atoms with Crippen molar-refractivity contribution >= 4 is 33.2 Å². The summed E-state index contributed by atoms with van der Waals surface area (Å²) in [6.45, 7) is -0.0769. The molecule has 0 radical (unpaired) electrons. The minimum atomic E-state index is -3.70. The van der Waals surface area contributed by atoms with Crippen molar-refractivity contribution in [1.29, 1.82) is 0 Å². The third-order valence-electron chi connectivity index (χ3n) is 3.32. The molecule has 0 spiro atoms. The molecule has 1 amide bonds. The fraction of sp³-hybridized carbons (Fsp3) is 0.235. The van der Waals surface area contributed by atoms with Crippen LogP contribution in [0, 0.1) is 5.82 Å². The van der Waals surface area contributed by atoms with Crippen molar-refractivity contribution in [2.24, 2.45) is 0 Å². The fourth-order valence-corrected chi connectivity index (χ4v) is 3.15. The predicted octanol–water partition coefficient (Wildman–Crippen LogP) is 2.44. The van der Waals surface area contributed by atoms with Crippen LogP contribution in [-0.2, 0) is 14.8 Å². The highest BCUT2D eigenvalue weighted by atomic mass is 35.5. The highest BCUT2D eigenvalue weighted by molar-refractivity contribution is 7.92. The molecule has 1 N–H and O–H groups in total. The van der Waals surface area contributed by atoms with Gasteiger partial charge in [-0.15, -0.1) is 0 Å². The summed E-state index contributed by atoms with van der Waals surface area (Å²) in [7, 11) is -3.70. The van der Waals surface area contributed by atoms with Crippen LogP contribution in [0.2, 0.25) is 5.02 Å². The lowest BCUT2D eigenvalue weighted by atomic mass is 10.3. The van der Waals surface area contributed by atoms with Gasteiger partial charge in [-0.2, -0.15) is 0 Å². The molecule has 2 aromatic rings. The highest BCUT2D eigenvalue weighted by Gasteiger charge is 2.20. The van der Waals surface area contributed by atoms with Crippen molar-refractivity contribution in [2.45, 2.75) is 0 Å². The molecule has 26 heavy (non-hydrogen) atoms. The fourth-order valence-electron chi connectivity index (χ4n) is 2.11. The number of benzene rings is 2. The van der Waals surface area contributed by atoms with Gasteiger partial charge in [0.15, 0.2) is 0 Å². The first kappa shape index (κ1) is 20.0. The van der Waals surface area contributed by atoms with Crippen LogP contribution in [0.3, 0.4) is 0 Å². The van der Waals surface area contributed by atoms with Gasteiger partial charge in [0.05, 0.1) is 23.5 Å². The van der Waals surface area contributed by atoms with Crippen LogP contribution in [-0.4, -0.2) is 40.3 Å². The first-order valence-electron chi connectivity index (χ1n) is 7.64. The molecular weight excluding hydrogens is 383 g/mol. The summed E-state index contributed by atoms with van der Waals surface area (Å²) in [6, 6.07) is 11.8. The van der Waals surface area contributed by atoms with Crippen molar-refractivity contribution in [3.63, 3.8) is 0 Å². The third-order valence-corrected chi connectivity index (χ3v) is 4.77. The molecular formula is C17H18ClFN2O4S. The largest absolute Gasteiger partial charge is 0.490 e. The number of carbonyl (C=O) groups is 1. The van der Waals surface area contributed by atoms with Gasteiger partial charge in [-0.25, -0.2) is 12.8 Å². The molecule has 0 aliphatic heterocycles. The van der Waals surface area contributed by atoms with Crippen LogP contribution < -0.4 is 14.4 Å². The minimum absolute atomic E-state index is 0.172. The quantitative estimate of drug-likeness (QED) is 0.690. The van der Waals surface area contributed by atoms with Gasteiger partial charge in [0.2, 0.25) is 15.9 Å². The van der Waals surface area contributed by atoms with Crippen LogP contribution in [0.25, 0.3) is 0 Å². The number of nitrogens with one attached hydrogen (secondary N) is 1. The summed E-state index contributed by atoms with van der Waals surface area (Å²) in [5.74, 6) is -0.515. The van der Waals surface area contributed by atoms with E-state index in [9.17, 15) is 17.6 Å². The summed E-state index contributed by atoms with van der Waals surface area (Å²) in [5, 5.41) is 3.03. The second-order valence-corrected chi connectivity index (χ2v) is 7.69. The Hall–Kier alpha value is -2.32. The molecule has 0 saturated carbocycles. The lowest BCUT2D eigenvalue weighted by molar-refractivity contribution is -0.119. The van der Waals surface area contributed by atoms with Gasteiger partial charge >= 0.3 is 0 Å². The zero-order valence-corrected chi connectivity index (χ0v) is 15.6. The Bertz CT molecular complexity index is 859. The second-order valence-electron chi connectivity index (χ2n) is 5.37. The summed E-state index contributed by atoms with van der Waals surface area (Å²) in [4.78, 5) is 12.0. The standard InChI is InChI=1S/C17H18ClFN2O4S/c1-26(23,24)21(14-8-6-13(19)7-9-14)12-17(22)20-10-11-25-16-5-3-2-4-15(16)18/h2-9H,10-12H2,1H3,(H,20,22). The Labute approximate surface area is 156 Å². The number of anilines is 1. The Morgan fingerprint density at radius 3 is 2.46 bits per heavy atom. The van der Waals surface area contributed by atoms with Gasteiger partial charge in [0, 0.05) is 0 Å². The first-order chi connectivity index (χ1) is 12.3. The van der Waals surface area contributed by atoms with E-state index < -0.39 is 28.3 Å². The summed E-state index contributed by atoms with van der Waals surface area (Å²) < 4.78 is 43.2. The van der Waals surface area contributed by atoms with E-state index in [4.69, 9.17) is 16.3 Å². The molecule has 0 heterocycles. The number of carbonyl (C=O) groups excluding carboxylic acids is 1. The van der Waals surface area contributed by atoms with Crippen molar-refractivity contribution < 1.29 is 22.3 Å². The predicted molar refractivity (Wildman–Crippen MR) is 98.5 cm³/mol. The van der Waals surface area contributed by atoms with E-state index in [1.165, 1.54) is 12.1 Å². The number of sulfonamides is 1. The molecule has 0 atom stereocenters. The molecule has 6 nitrogen and oxygen atoms in total. The van der Waals surface area contributed by atoms with Crippen molar-refractivity contribution in [3.8, 4) is 5.75 Å². The Balaban J connectivity index is 1.89. The number of hydrogen-bond acceptors (Lipinski definition) is 4. The van der Waals surface area contributed by atoms with E-state index in [-0.39, 0.29) is 18.8 Å². The van der Waals surface area contributed by atoms with Crippen LogP contribution in [0.15, 0.2) is 48.5 Å².